The molecular weight excluding hydrogens is 268 g/mol. The van der Waals surface area contributed by atoms with E-state index in [1.54, 1.807) is 13.0 Å². The predicted octanol–water partition coefficient (Wildman–Crippen LogP) is 2.71. The molecule has 0 aromatic heterocycles. The van der Waals surface area contributed by atoms with E-state index in [9.17, 15) is 9.90 Å². The highest BCUT2D eigenvalue weighted by Crippen LogP contribution is 2.10. The summed E-state index contributed by atoms with van der Waals surface area (Å²) < 4.78 is 10.3. The fourth-order valence-electron chi connectivity index (χ4n) is 1.78. The average Bonchev–Trinajstić information content (AvgIpc) is 2.50. The Kier molecular flexibility index (Phi) is 8.40. The van der Waals surface area contributed by atoms with Gasteiger partial charge in [-0.25, -0.2) is 4.79 Å². The van der Waals surface area contributed by atoms with Crippen molar-refractivity contribution in [2.75, 3.05) is 13.2 Å². The van der Waals surface area contributed by atoms with Gasteiger partial charge in [-0.2, -0.15) is 0 Å². The van der Waals surface area contributed by atoms with Gasteiger partial charge in [-0.3, -0.25) is 0 Å². The molecular formula is C17H24O4. The van der Waals surface area contributed by atoms with Crippen LogP contribution >= 0.6 is 0 Å². The Bertz CT molecular complexity index is 428. The quantitative estimate of drug-likeness (QED) is 0.432. The van der Waals surface area contributed by atoms with Gasteiger partial charge in [-0.05, 0) is 18.9 Å². The van der Waals surface area contributed by atoms with Crippen molar-refractivity contribution in [3.63, 3.8) is 0 Å². The molecule has 0 fully saturated rings. The van der Waals surface area contributed by atoms with E-state index in [4.69, 9.17) is 9.47 Å². The Hall–Kier alpha value is -1.65. The molecule has 1 aromatic rings. The van der Waals surface area contributed by atoms with Crippen LogP contribution in [-0.4, -0.2) is 30.4 Å². The standard InChI is InChI=1S/C17H24O4/c1-3-21-17(19)10-9-14(2)16(18)11-12-20-13-15-7-5-4-6-8-15/h4-10,14,16,18H,3,11-13H2,1-2H3/b10-9+/t14-,16-/m0/s1. The third-order valence-corrected chi connectivity index (χ3v) is 3.10. The van der Waals surface area contributed by atoms with Crippen molar-refractivity contribution in [1.29, 1.82) is 0 Å². The summed E-state index contributed by atoms with van der Waals surface area (Å²) in [5.74, 6) is -0.494. The molecule has 0 spiro atoms. The molecule has 0 unspecified atom stereocenters. The molecule has 2 atom stereocenters. The van der Waals surface area contributed by atoms with E-state index in [0.29, 0.717) is 26.2 Å². The fourth-order valence-corrected chi connectivity index (χ4v) is 1.78. The summed E-state index contributed by atoms with van der Waals surface area (Å²) in [6.45, 7) is 4.99. The lowest BCUT2D eigenvalue weighted by molar-refractivity contribution is -0.137. The van der Waals surface area contributed by atoms with Crippen LogP contribution < -0.4 is 0 Å². The number of esters is 1. The van der Waals surface area contributed by atoms with Crippen LogP contribution in [0.5, 0.6) is 0 Å². The van der Waals surface area contributed by atoms with Crippen molar-refractivity contribution in [2.24, 2.45) is 5.92 Å². The Morgan fingerprint density at radius 1 is 1.33 bits per heavy atom. The van der Waals surface area contributed by atoms with Gasteiger partial charge in [0.15, 0.2) is 0 Å². The summed E-state index contributed by atoms with van der Waals surface area (Å²) in [6.07, 6.45) is 3.02. The van der Waals surface area contributed by atoms with Crippen molar-refractivity contribution < 1.29 is 19.4 Å². The van der Waals surface area contributed by atoms with Crippen LogP contribution in [0.3, 0.4) is 0 Å². The maximum absolute atomic E-state index is 11.2. The molecule has 0 aliphatic heterocycles. The first kappa shape index (κ1) is 17.4. The molecule has 1 N–H and O–H groups in total. The summed E-state index contributed by atoms with van der Waals surface area (Å²) in [4.78, 5) is 11.2. The normalized spacial score (nSPS) is 14.0. The van der Waals surface area contributed by atoms with Crippen LogP contribution in [0.2, 0.25) is 0 Å². The van der Waals surface area contributed by atoms with Crippen molar-refractivity contribution in [3.05, 3.63) is 48.0 Å². The molecule has 1 rings (SSSR count). The highest BCUT2D eigenvalue weighted by molar-refractivity contribution is 5.81. The molecule has 116 valence electrons. The van der Waals surface area contributed by atoms with Crippen LogP contribution in [-0.2, 0) is 20.9 Å². The number of carbonyl (C=O) groups excluding carboxylic acids is 1. The number of rotatable bonds is 9. The molecule has 21 heavy (non-hydrogen) atoms. The van der Waals surface area contributed by atoms with E-state index < -0.39 is 6.10 Å². The molecule has 0 bridgehead atoms. The summed E-state index contributed by atoms with van der Waals surface area (Å²) >= 11 is 0. The second kappa shape index (κ2) is 10.1. The Labute approximate surface area is 126 Å². The first-order chi connectivity index (χ1) is 10.1. The van der Waals surface area contributed by atoms with Gasteiger partial charge in [-0.15, -0.1) is 0 Å². The lowest BCUT2D eigenvalue weighted by atomic mass is 10.0. The van der Waals surface area contributed by atoms with E-state index in [-0.39, 0.29) is 11.9 Å². The summed E-state index contributed by atoms with van der Waals surface area (Å²) in [5.41, 5.74) is 1.11. The van der Waals surface area contributed by atoms with Crippen molar-refractivity contribution >= 4 is 5.97 Å². The van der Waals surface area contributed by atoms with Gasteiger partial charge in [-0.1, -0.05) is 43.3 Å². The number of aliphatic hydroxyl groups is 1. The number of hydrogen-bond acceptors (Lipinski definition) is 4. The number of carbonyl (C=O) groups is 1. The SMILES string of the molecule is CCOC(=O)/C=C/[C@H](C)[C@@H](O)CCOCc1ccccc1. The van der Waals surface area contributed by atoms with E-state index in [2.05, 4.69) is 0 Å². The smallest absolute Gasteiger partial charge is 0.330 e. The zero-order valence-electron chi connectivity index (χ0n) is 12.7. The van der Waals surface area contributed by atoms with Gasteiger partial charge in [0.25, 0.3) is 0 Å². The Morgan fingerprint density at radius 2 is 2.05 bits per heavy atom. The van der Waals surface area contributed by atoms with Crippen LogP contribution in [0.1, 0.15) is 25.8 Å². The van der Waals surface area contributed by atoms with Gasteiger partial charge in [0, 0.05) is 18.6 Å². The second-order valence-electron chi connectivity index (χ2n) is 4.86. The topological polar surface area (TPSA) is 55.8 Å². The van der Waals surface area contributed by atoms with Gasteiger partial charge < -0.3 is 14.6 Å². The van der Waals surface area contributed by atoms with Gasteiger partial charge in [0.05, 0.1) is 19.3 Å². The van der Waals surface area contributed by atoms with Crippen LogP contribution in [0.25, 0.3) is 0 Å². The highest BCUT2D eigenvalue weighted by atomic mass is 16.5. The summed E-state index contributed by atoms with van der Waals surface area (Å²) in [5, 5.41) is 9.97. The number of benzene rings is 1. The fraction of sp³-hybridized carbons (Fsp3) is 0.471. The number of hydrogen-bond donors (Lipinski definition) is 1. The third-order valence-electron chi connectivity index (χ3n) is 3.10. The molecule has 0 heterocycles. The molecule has 4 nitrogen and oxygen atoms in total. The summed E-state index contributed by atoms with van der Waals surface area (Å²) in [7, 11) is 0. The van der Waals surface area contributed by atoms with E-state index in [1.807, 2.05) is 37.3 Å². The molecule has 4 heteroatoms. The lowest BCUT2D eigenvalue weighted by Gasteiger charge is -2.15. The molecule has 0 radical (unpaired) electrons. The largest absolute Gasteiger partial charge is 0.463 e. The first-order valence-corrected chi connectivity index (χ1v) is 7.28. The average molecular weight is 292 g/mol. The van der Waals surface area contributed by atoms with Gasteiger partial charge >= 0.3 is 5.97 Å². The van der Waals surface area contributed by atoms with E-state index >= 15 is 0 Å². The molecule has 0 aliphatic rings. The minimum atomic E-state index is -0.536. The van der Waals surface area contributed by atoms with Crippen molar-refractivity contribution in [1.82, 2.24) is 0 Å². The van der Waals surface area contributed by atoms with Crippen LogP contribution in [0.4, 0.5) is 0 Å². The van der Waals surface area contributed by atoms with E-state index in [0.717, 1.165) is 5.56 Å². The zero-order valence-corrected chi connectivity index (χ0v) is 12.7. The van der Waals surface area contributed by atoms with Gasteiger partial charge in [0.1, 0.15) is 0 Å². The second-order valence-corrected chi connectivity index (χ2v) is 4.86. The zero-order chi connectivity index (χ0) is 15.5. The van der Waals surface area contributed by atoms with Crippen LogP contribution in [0, 0.1) is 5.92 Å². The van der Waals surface area contributed by atoms with Crippen LogP contribution in [0.15, 0.2) is 42.5 Å². The van der Waals surface area contributed by atoms with Crippen molar-refractivity contribution in [2.45, 2.75) is 33.0 Å². The maximum Gasteiger partial charge on any atom is 0.330 e. The predicted molar refractivity (Wildman–Crippen MR) is 81.7 cm³/mol. The number of aliphatic hydroxyl groups excluding tert-OH is 1. The minimum absolute atomic E-state index is 0.116. The monoisotopic (exact) mass is 292 g/mol. The number of ether oxygens (including phenoxy) is 2. The maximum atomic E-state index is 11.2. The van der Waals surface area contributed by atoms with Crippen molar-refractivity contribution in [3.8, 4) is 0 Å². The molecule has 1 aromatic carbocycles. The molecule has 0 saturated carbocycles. The Balaban J connectivity index is 2.20. The highest BCUT2D eigenvalue weighted by Gasteiger charge is 2.11. The molecule has 0 saturated heterocycles. The molecule has 0 amide bonds. The summed E-state index contributed by atoms with van der Waals surface area (Å²) in [6, 6.07) is 9.90. The van der Waals surface area contributed by atoms with Gasteiger partial charge in [0.2, 0.25) is 0 Å². The molecule has 0 aliphatic carbocycles. The third kappa shape index (κ3) is 7.63. The van der Waals surface area contributed by atoms with E-state index in [1.165, 1.54) is 6.08 Å². The lowest BCUT2D eigenvalue weighted by Crippen LogP contribution is -2.18. The first-order valence-electron chi connectivity index (χ1n) is 7.28. The minimum Gasteiger partial charge on any atom is -0.463 e. The Morgan fingerprint density at radius 3 is 2.71 bits per heavy atom.